The van der Waals surface area contributed by atoms with Crippen LogP contribution in [-0.2, 0) is 6.42 Å². The number of ether oxygens (including phenoxy) is 1. The number of carbonyl (C=O) groups excluding carboxylic acids is 1. The highest BCUT2D eigenvalue weighted by Crippen LogP contribution is 2.26. The van der Waals surface area contributed by atoms with Crippen LogP contribution in [0.25, 0.3) is 0 Å². The Hall–Kier alpha value is -1.35. The molecule has 20 heavy (non-hydrogen) atoms. The van der Waals surface area contributed by atoms with Crippen LogP contribution < -0.4 is 4.74 Å². The van der Waals surface area contributed by atoms with E-state index in [1.165, 1.54) is 37.9 Å². The molecule has 3 rings (SSSR count). The Morgan fingerprint density at radius 2 is 1.95 bits per heavy atom. The fourth-order valence-corrected chi connectivity index (χ4v) is 3.17. The molecule has 0 saturated carbocycles. The van der Waals surface area contributed by atoms with Gasteiger partial charge in [-0.3, -0.25) is 4.79 Å². The fraction of sp³-hybridized carbons (Fsp3) is 0.588. The zero-order valence-corrected chi connectivity index (χ0v) is 12.1. The second-order valence-electron chi connectivity index (χ2n) is 5.85. The molecule has 0 amide bonds. The summed E-state index contributed by atoms with van der Waals surface area (Å²) in [6.07, 6.45) is 6.68. The van der Waals surface area contributed by atoms with Crippen molar-refractivity contribution in [1.82, 2.24) is 4.90 Å². The summed E-state index contributed by atoms with van der Waals surface area (Å²) < 4.78 is 5.79. The predicted octanol–water partition coefficient (Wildman–Crippen LogP) is 3.07. The number of ketones is 1. The molecule has 0 aromatic heterocycles. The molecule has 0 spiro atoms. The van der Waals surface area contributed by atoms with E-state index in [9.17, 15) is 4.79 Å². The molecule has 0 bridgehead atoms. The average Bonchev–Trinajstić information content (AvgIpc) is 2.86. The first kappa shape index (κ1) is 13.6. The lowest BCUT2D eigenvalue weighted by atomic mass is 10.1. The number of fused-ring (bicyclic) bond motifs is 1. The standard InChI is InChI=1S/C17H23NO2/c19-17-8-6-14-5-7-15(13-16(14)17)20-12-4-11-18-9-2-1-3-10-18/h5,7,13H,1-4,6,8-12H2. The van der Waals surface area contributed by atoms with Gasteiger partial charge in [-0.1, -0.05) is 12.5 Å². The second-order valence-corrected chi connectivity index (χ2v) is 5.85. The van der Waals surface area contributed by atoms with E-state index in [0.29, 0.717) is 6.42 Å². The van der Waals surface area contributed by atoms with Gasteiger partial charge in [0.1, 0.15) is 5.75 Å². The van der Waals surface area contributed by atoms with Gasteiger partial charge >= 0.3 is 0 Å². The number of piperidine rings is 1. The SMILES string of the molecule is O=C1CCc2ccc(OCCCN3CCCCC3)cc21. The summed E-state index contributed by atoms with van der Waals surface area (Å²) in [7, 11) is 0. The molecule has 108 valence electrons. The van der Waals surface area contributed by atoms with Crippen molar-refractivity contribution in [2.75, 3.05) is 26.2 Å². The molecule has 3 heteroatoms. The quantitative estimate of drug-likeness (QED) is 0.772. The van der Waals surface area contributed by atoms with E-state index in [0.717, 1.165) is 37.3 Å². The lowest BCUT2D eigenvalue weighted by Crippen LogP contribution is -2.31. The van der Waals surface area contributed by atoms with Crippen LogP contribution in [0.5, 0.6) is 5.75 Å². The van der Waals surface area contributed by atoms with Crippen molar-refractivity contribution in [3.63, 3.8) is 0 Å². The molecule has 1 heterocycles. The predicted molar refractivity (Wildman–Crippen MR) is 79.5 cm³/mol. The Balaban J connectivity index is 1.44. The first-order chi connectivity index (χ1) is 9.83. The normalized spacial score (nSPS) is 19.1. The van der Waals surface area contributed by atoms with Gasteiger partial charge in [-0.25, -0.2) is 0 Å². The largest absolute Gasteiger partial charge is 0.494 e. The number of hydrogen-bond acceptors (Lipinski definition) is 3. The lowest BCUT2D eigenvalue weighted by Gasteiger charge is -2.26. The molecule has 2 aliphatic rings. The highest BCUT2D eigenvalue weighted by molar-refractivity contribution is 6.00. The summed E-state index contributed by atoms with van der Waals surface area (Å²) in [5, 5.41) is 0. The van der Waals surface area contributed by atoms with Gasteiger partial charge in [0.25, 0.3) is 0 Å². The maximum Gasteiger partial charge on any atom is 0.163 e. The summed E-state index contributed by atoms with van der Waals surface area (Å²) in [6.45, 7) is 4.36. The molecule has 0 unspecified atom stereocenters. The maximum absolute atomic E-state index is 11.7. The summed E-state index contributed by atoms with van der Waals surface area (Å²) in [5.41, 5.74) is 2.05. The van der Waals surface area contributed by atoms with Crippen LogP contribution in [0, 0.1) is 0 Å². The summed E-state index contributed by atoms with van der Waals surface area (Å²) in [4.78, 5) is 14.2. The van der Waals surface area contributed by atoms with Gasteiger partial charge in [0.2, 0.25) is 0 Å². The van der Waals surface area contributed by atoms with Gasteiger partial charge in [-0.05, 0) is 56.5 Å². The number of nitrogens with zero attached hydrogens (tertiary/aromatic N) is 1. The number of hydrogen-bond donors (Lipinski definition) is 0. The third-order valence-electron chi connectivity index (χ3n) is 4.34. The van der Waals surface area contributed by atoms with Crippen molar-refractivity contribution in [1.29, 1.82) is 0 Å². The Labute approximate surface area is 120 Å². The molecular formula is C17H23NO2. The van der Waals surface area contributed by atoms with Crippen LogP contribution in [0.3, 0.4) is 0 Å². The van der Waals surface area contributed by atoms with Crippen molar-refractivity contribution < 1.29 is 9.53 Å². The van der Waals surface area contributed by atoms with Crippen LogP contribution in [0.1, 0.15) is 48.0 Å². The molecule has 1 aromatic carbocycles. The monoisotopic (exact) mass is 273 g/mol. The Morgan fingerprint density at radius 1 is 1.10 bits per heavy atom. The first-order valence-corrected chi connectivity index (χ1v) is 7.84. The Morgan fingerprint density at radius 3 is 2.80 bits per heavy atom. The minimum absolute atomic E-state index is 0.263. The maximum atomic E-state index is 11.7. The first-order valence-electron chi connectivity index (χ1n) is 7.84. The molecule has 1 fully saturated rings. The van der Waals surface area contributed by atoms with E-state index in [-0.39, 0.29) is 5.78 Å². The smallest absolute Gasteiger partial charge is 0.163 e. The van der Waals surface area contributed by atoms with Crippen molar-refractivity contribution >= 4 is 5.78 Å². The Bertz CT molecular complexity index is 478. The number of Topliss-reactive ketones (excluding diaryl/α,β-unsaturated/α-hetero) is 1. The van der Waals surface area contributed by atoms with E-state index in [1.54, 1.807) is 0 Å². The number of benzene rings is 1. The molecule has 3 nitrogen and oxygen atoms in total. The number of rotatable bonds is 5. The van der Waals surface area contributed by atoms with Crippen molar-refractivity contribution in [3.05, 3.63) is 29.3 Å². The Kier molecular flexibility index (Phi) is 4.36. The van der Waals surface area contributed by atoms with Gasteiger partial charge in [0, 0.05) is 18.5 Å². The van der Waals surface area contributed by atoms with Crippen molar-refractivity contribution in [3.8, 4) is 5.75 Å². The molecule has 1 aliphatic heterocycles. The summed E-state index contributed by atoms with van der Waals surface area (Å²) in [6, 6.07) is 5.96. The van der Waals surface area contributed by atoms with E-state index in [1.807, 2.05) is 18.2 Å². The minimum Gasteiger partial charge on any atom is -0.494 e. The third-order valence-corrected chi connectivity index (χ3v) is 4.34. The fourth-order valence-electron chi connectivity index (χ4n) is 3.17. The zero-order chi connectivity index (χ0) is 13.8. The van der Waals surface area contributed by atoms with E-state index < -0.39 is 0 Å². The van der Waals surface area contributed by atoms with Crippen LogP contribution in [0.15, 0.2) is 18.2 Å². The van der Waals surface area contributed by atoms with Crippen LogP contribution >= 0.6 is 0 Å². The van der Waals surface area contributed by atoms with Crippen LogP contribution in [0.2, 0.25) is 0 Å². The van der Waals surface area contributed by atoms with Gasteiger partial charge in [-0.2, -0.15) is 0 Å². The second kappa shape index (κ2) is 6.40. The van der Waals surface area contributed by atoms with Crippen LogP contribution in [-0.4, -0.2) is 36.9 Å². The molecule has 0 N–H and O–H groups in total. The van der Waals surface area contributed by atoms with Gasteiger partial charge < -0.3 is 9.64 Å². The highest BCUT2D eigenvalue weighted by Gasteiger charge is 2.19. The van der Waals surface area contributed by atoms with Crippen molar-refractivity contribution in [2.24, 2.45) is 0 Å². The number of likely N-dealkylation sites (tertiary alicyclic amines) is 1. The molecule has 0 radical (unpaired) electrons. The van der Waals surface area contributed by atoms with Gasteiger partial charge in [-0.15, -0.1) is 0 Å². The molecule has 1 saturated heterocycles. The molecule has 1 aromatic rings. The summed E-state index contributed by atoms with van der Waals surface area (Å²) >= 11 is 0. The molecule has 0 atom stereocenters. The number of carbonyl (C=O) groups is 1. The zero-order valence-electron chi connectivity index (χ0n) is 12.1. The van der Waals surface area contributed by atoms with E-state index >= 15 is 0 Å². The average molecular weight is 273 g/mol. The van der Waals surface area contributed by atoms with Crippen LogP contribution in [0.4, 0.5) is 0 Å². The van der Waals surface area contributed by atoms with Crippen molar-refractivity contribution in [2.45, 2.75) is 38.5 Å². The van der Waals surface area contributed by atoms with Gasteiger partial charge in [0.05, 0.1) is 6.61 Å². The van der Waals surface area contributed by atoms with E-state index in [2.05, 4.69) is 4.90 Å². The lowest BCUT2D eigenvalue weighted by molar-refractivity contribution is 0.0994. The molecular weight excluding hydrogens is 250 g/mol. The minimum atomic E-state index is 0.263. The third kappa shape index (κ3) is 3.21. The van der Waals surface area contributed by atoms with Gasteiger partial charge in [0.15, 0.2) is 5.78 Å². The number of aryl methyl sites for hydroxylation is 1. The topological polar surface area (TPSA) is 29.5 Å². The highest BCUT2D eigenvalue weighted by atomic mass is 16.5. The summed E-state index contributed by atoms with van der Waals surface area (Å²) in [5.74, 6) is 1.11. The van der Waals surface area contributed by atoms with E-state index in [4.69, 9.17) is 4.74 Å². The molecule has 1 aliphatic carbocycles.